The number of esters is 1. The molecular formula is C16H21NO4. The molecule has 21 heavy (non-hydrogen) atoms. The number of benzene rings is 1. The Bertz CT molecular complexity index is 488. The molecule has 1 fully saturated rings. The first-order valence-corrected chi connectivity index (χ1v) is 7.23. The number of carbonyl (C=O) groups is 2. The number of aliphatic hydroxyl groups excluding tert-OH is 1. The van der Waals surface area contributed by atoms with Gasteiger partial charge in [-0.1, -0.05) is 30.3 Å². The van der Waals surface area contributed by atoms with Crippen molar-refractivity contribution in [2.75, 3.05) is 13.7 Å². The monoisotopic (exact) mass is 291 g/mol. The summed E-state index contributed by atoms with van der Waals surface area (Å²) in [6.45, 7) is 0.501. The number of nitrogens with zero attached hydrogens (tertiary/aromatic N) is 1. The normalized spacial score (nSPS) is 19.3. The van der Waals surface area contributed by atoms with E-state index in [9.17, 15) is 14.7 Å². The van der Waals surface area contributed by atoms with Crippen LogP contribution in [-0.4, -0.2) is 47.7 Å². The van der Waals surface area contributed by atoms with Crippen LogP contribution in [0.3, 0.4) is 0 Å². The van der Waals surface area contributed by atoms with Crippen LogP contribution in [0.25, 0.3) is 0 Å². The Kier molecular flexibility index (Phi) is 5.33. The third-order valence-electron chi connectivity index (χ3n) is 3.84. The van der Waals surface area contributed by atoms with Gasteiger partial charge in [0, 0.05) is 6.54 Å². The molecule has 1 amide bonds. The van der Waals surface area contributed by atoms with Crippen LogP contribution in [0.1, 0.15) is 24.8 Å². The quantitative estimate of drug-likeness (QED) is 0.826. The zero-order valence-electron chi connectivity index (χ0n) is 12.2. The minimum atomic E-state index is -1.07. The van der Waals surface area contributed by atoms with Crippen LogP contribution >= 0.6 is 0 Å². The van der Waals surface area contributed by atoms with Crippen molar-refractivity contribution in [3.63, 3.8) is 0 Å². The van der Waals surface area contributed by atoms with Gasteiger partial charge in [-0.3, -0.25) is 4.79 Å². The number of aryl methyl sites for hydroxylation is 1. The lowest BCUT2D eigenvalue weighted by Crippen LogP contribution is -2.46. The lowest BCUT2D eigenvalue weighted by atomic mass is 10.1. The molecule has 1 aromatic rings. The summed E-state index contributed by atoms with van der Waals surface area (Å²) < 4.78 is 4.71. The number of likely N-dealkylation sites (tertiary alicyclic amines) is 1. The molecule has 1 aromatic carbocycles. The predicted molar refractivity (Wildman–Crippen MR) is 77.5 cm³/mol. The summed E-state index contributed by atoms with van der Waals surface area (Å²) in [4.78, 5) is 25.3. The summed E-state index contributed by atoms with van der Waals surface area (Å²) in [6, 6.07) is 9.16. The second kappa shape index (κ2) is 7.22. The standard InChI is InChI=1S/C16H21NO4/c1-21-16(20)13-8-5-11-17(13)15(19)14(18)10-9-12-6-3-2-4-7-12/h2-4,6-7,13-14,18H,5,8-11H2,1H3. The molecule has 0 spiro atoms. The number of hydrogen-bond donors (Lipinski definition) is 1. The van der Waals surface area contributed by atoms with E-state index in [2.05, 4.69) is 0 Å². The smallest absolute Gasteiger partial charge is 0.328 e. The number of hydrogen-bond acceptors (Lipinski definition) is 4. The number of carbonyl (C=O) groups excluding carboxylic acids is 2. The Morgan fingerprint density at radius 2 is 2.10 bits per heavy atom. The first-order chi connectivity index (χ1) is 10.1. The van der Waals surface area contributed by atoms with Gasteiger partial charge >= 0.3 is 5.97 Å². The molecule has 114 valence electrons. The lowest BCUT2D eigenvalue weighted by Gasteiger charge is -2.25. The van der Waals surface area contributed by atoms with Crippen LogP contribution in [0.2, 0.25) is 0 Å². The molecule has 0 saturated carbocycles. The molecule has 1 aliphatic heterocycles. The molecule has 0 bridgehead atoms. The van der Waals surface area contributed by atoms with Gasteiger partial charge in [0.15, 0.2) is 0 Å². The number of aliphatic hydroxyl groups is 1. The van der Waals surface area contributed by atoms with E-state index in [0.717, 1.165) is 12.0 Å². The van der Waals surface area contributed by atoms with Crippen LogP contribution in [-0.2, 0) is 20.7 Å². The average Bonchev–Trinajstić information content (AvgIpc) is 3.01. The van der Waals surface area contributed by atoms with E-state index in [-0.39, 0.29) is 5.91 Å². The molecule has 1 aliphatic rings. The molecule has 2 atom stereocenters. The van der Waals surface area contributed by atoms with E-state index in [0.29, 0.717) is 25.8 Å². The maximum atomic E-state index is 12.3. The predicted octanol–water partition coefficient (Wildman–Crippen LogP) is 1.14. The third kappa shape index (κ3) is 3.82. The number of ether oxygens (including phenoxy) is 1. The maximum absolute atomic E-state index is 12.3. The molecule has 5 heteroatoms. The largest absolute Gasteiger partial charge is 0.467 e. The summed E-state index contributed by atoms with van der Waals surface area (Å²) in [5.74, 6) is -0.782. The molecule has 0 aliphatic carbocycles. The van der Waals surface area contributed by atoms with E-state index in [4.69, 9.17) is 4.74 Å². The molecule has 5 nitrogen and oxygen atoms in total. The Balaban J connectivity index is 1.91. The second-order valence-electron chi connectivity index (χ2n) is 5.25. The second-order valence-corrected chi connectivity index (χ2v) is 5.25. The molecule has 2 rings (SSSR count). The zero-order chi connectivity index (χ0) is 15.2. The Hall–Kier alpha value is -1.88. The zero-order valence-corrected chi connectivity index (χ0v) is 12.2. The van der Waals surface area contributed by atoms with Crippen molar-refractivity contribution < 1.29 is 19.4 Å². The molecule has 1 N–H and O–H groups in total. The molecule has 2 unspecified atom stereocenters. The highest BCUT2D eigenvalue weighted by Crippen LogP contribution is 2.20. The fraction of sp³-hybridized carbons (Fsp3) is 0.500. The highest BCUT2D eigenvalue weighted by atomic mass is 16.5. The number of amides is 1. The van der Waals surface area contributed by atoms with Gasteiger partial charge < -0.3 is 14.7 Å². The van der Waals surface area contributed by atoms with E-state index in [1.807, 2.05) is 30.3 Å². The lowest BCUT2D eigenvalue weighted by molar-refractivity contribution is -0.154. The Labute approximate surface area is 124 Å². The maximum Gasteiger partial charge on any atom is 0.328 e. The van der Waals surface area contributed by atoms with Crippen LogP contribution in [0, 0.1) is 0 Å². The molecular weight excluding hydrogens is 270 g/mol. The summed E-state index contributed by atoms with van der Waals surface area (Å²) >= 11 is 0. The molecule has 1 heterocycles. The first kappa shape index (κ1) is 15.5. The van der Waals surface area contributed by atoms with Crippen molar-refractivity contribution in [2.45, 2.75) is 37.8 Å². The molecule has 1 saturated heterocycles. The molecule has 0 radical (unpaired) electrons. The van der Waals surface area contributed by atoms with Crippen molar-refractivity contribution >= 4 is 11.9 Å². The summed E-state index contributed by atoms with van der Waals surface area (Å²) in [6.07, 6.45) is 1.27. The first-order valence-electron chi connectivity index (χ1n) is 7.23. The minimum Gasteiger partial charge on any atom is -0.467 e. The highest BCUT2D eigenvalue weighted by molar-refractivity contribution is 5.87. The van der Waals surface area contributed by atoms with E-state index in [1.165, 1.54) is 12.0 Å². The van der Waals surface area contributed by atoms with Gasteiger partial charge in [-0.25, -0.2) is 4.79 Å². The van der Waals surface area contributed by atoms with Gasteiger partial charge in [0.2, 0.25) is 0 Å². The van der Waals surface area contributed by atoms with Crippen molar-refractivity contribution in [2.24, 2.45) is 0 Å². The van der Waals surface area contributed by atoms with Crippen molar-refractivity contribution in [1.29, 1.82) is 0 Å². The van der Waals surface area contributed by atoms with Crippen molar-refractivity contribution in [3.05, 3.63) is 35.9 Å². The molecule has 0 aromatic heterocycles. The fourth-order valence-electron chi connectivity index (χ4n) is 2.67. The van der Waals surface area contributed by atoms with Gasteiger partial charge in [-0.2, -0.15) is 0 Å². The summed E-state index contributed by atoms with van der Waals surface area (Å²) in [5.41, 5.74) is 1.08. The fourth-order valence-corrected chi connectivity index (χ4v) is 2.67. The van der Waals surface area contributed by atoms with Crippen molar-refractivity contribution in [1.82, 2.24) is 4.90 Å². The Morgan fingerprint density at radius 1 is 1.38 bits per heavy atom. The summed E-state index contributed by atoms with van der Waals surface area (Å²) in [5, 5.41) is 10.1. The van der Waals surface area contributed by atoms with Gasteiger partial charge in [0.05, 0.1) is 7.11 Å². The van der Waals surface area contributed by atoms with Gasteiger partial charge in [-0.15, -0.1) is 0 Å². The van der Waals surface area contributed by atoms with E-state index >= 15 is 0 Å². The topological polar surface area (TPSA) is 66.8 Å². The van der Waals surface area contributed by atoms with E-state index < -0.39 is 18.1 Å². The van der Waals surface area contributed by atoms with Crippen LogP contribution in [0.5, 0.6) is 0 Å². The highest BCUT2D eigenvalue weighted by Gasteiger charge is 2.37. The average molecular weight is 291 g/mol. The van der Waals surface area contributed by atoms with Gasteiger partial charge in [0.25, 0.3) is 5.91 Å². The Morgan fingerprint density at radius 3 is 2.76 bits per heavy atom. The van der Waals surface area contributed by atoms with Crippen LogP contribution < -0.4 is 0 Å². The van der Waals surface area contributed by atoms with Gasteiger partial charge in [0.1, 0.15) is 12.1 Å². The van der Waals surface area contributed by atoms with E-state index in [1.54, 1.807) is 0 Å². The third-order valence-corrected chi connectivity index (χ3v) is 3.84. The van der Waals surface area contributed by atoms with Crippen molar-refractivity contribution in [3.8, 4) is 0 Å². The SMILES string of the molecule is COC(=O)C1CCCN1C(=O)C(O)CCc1ccccc1. The van der Waals surface area contributed by atoms with Crippen LogP contribution in [0.4, 0.5) is 0 Å². The van der Waals surface area contributed by atoms with Gasteiger partial charge in [-0.05, 0) is 31.2 Å². The number of methoxy groups -OCH3 is 1. The summed E-state index contributed by atoms with van der Waals surface area (Å²) in [7, 11) is 1.31. The minimum absolute atomic E-state index is 0.354. The van der Waals surface area contributed by atoms with Crippen LogP contribution in [0.15, 0.2) is 30.3 Å². The number of rotatable bonds is 5.